The summed E-state index contributed by atoms with van der Waals surface area (Å²) in [6, 6.07) is 6.40. The zero-order chi connectivity index (χ0) is 21.8. The molecule has 1 fully saturated rings. The van der Waals surface area contributed by atoms with Crippen molar-refractivity contribution in [3.63, 3.8) is 0 Å². The van der Waals surface area contributed by atoms with E-state index in [4.69, 9.17) is 14.5 Å². The maximum absolute atomic E-state index is 11.9. The summed E-state index contributed by atoms with van der Waals surface area (Å²) in [5, 5.41) is 14.2. The van der Waals surface area contributed by atoms with Crippen molar-refractivity contribution in [1.82, 2.24) is 15.1 Å². The fraction of sp³-hybridized carbons (Fsp3) is 0.600. The molecule has 0 aliphatic carbocycles. The fourth-order valence-electron chi connectivity index (χ4n) is 2.99. The van der Waals surface area contributed by atoms with Crippen LogP contribution in [0.2, 0.25) is 0 Å². The number of benzene rings is 1. The monoisotopic (exact) mass is 421 g/mol. The van der Waals surface area contributed by atoms with E-state index >= 15 is 0 Å². The minimum absolute atomic E-state index is 0.0621. The number of hydrogen-bond acceptors (Lipinski definition) is 6. The first-order valence-corrected chi connectivity index (χ1v) is 10.3. The van der Waals surface area contributed by atoms with E-state index in [2.05, 4.69) is 10.2 Å². The number of nitrogens with one attached hydrogen (secondary N) is 1. The molecule has 166 valence electrons. The maximum Gasteiger partial charge on any atom is 0.409 e. The van der Waals surface area contributed by atoms with E-state index in [0.717, 1.165) is 24.5 Å². The Balaban J connectivity index is 1.98. The predicted molar refractivity (Wildman–Crippen MR) is 114 cm³/mol. The molecule has 0 unspecified atom stereocenters. The molecular formula is C20H31N5O5. The minimum atomic E-state index is -0.415. The number of rotatable bonds is 9. The molecule has 1 aliphatic heterocycles. The third-order valence-electron chi connectivity index (χ3n) is 4.62. The second-order valence-corrected chi connectivity index (χ2v) is 6.71. The summed E-state index contributed by atoms with van der Waals surface area (Å²) in [6.07, 6.45) is 0.568. The molecule has 0 radical (unpaired) electrons. The van der Waals surface area contributed by atoms with Gasteiger partial charge in [0.1, 0.15) is 0 Å². The Morgan fingerprint density at radius 3 is 2.40 bits per heavy atom. The molecular weight excluding hydrogens is 390 g/mol. The number of amides is 1. The van der Waals surface area contributed by atoms with Crippen LogP contribution in [-0.4, -0.2) is 79.3 Å². The number of carbonyl (C=O) groups excluding carboxylic acids is 1. The molecule has 0 saturated carbocycles. The molecule has 1 aliphatic rings. The number of guanidine groups is 1. The SMILES string of the molecule is CCOCCCNC(=NCc1ccc([N+](=O)[O-])cc1)N1CCN(C(=O)OCC)CC1. The van der Waals surface area contributed by atoms with Gasteiger partial charge >= 0.3 is 6.09 Å². The quantitative estimate of drug-likeness (QED) is 0.214. The van der Waals surface area contributed by atoms with Gasteiger partial charge in [0, 0.05) is 58.1 Å². The van der Waals surface area contributed by atoms with Gasteiger partial charge in [-0.1, -0.05) is 12.1 Å². The first kappa shape index (κ1) is 23.4. The van der Waals surface area contributed by atoms with Crippen LogP contribution in [0.1, 0.15) is 25.8 Å². The summed E-state index contributed by atoms with van der Waals surface area (Å²) >= 11 is 0. The van der Waals surface area contributed by atoms with E-state index in [0.29, 0.717) is 52.5 Å². The highest BCUT2D eigenvalue weighted by molar-refractivity contribution is 5.80. The lowest BCUT2D eigenvalue weighted by Gasteiger charge is -2.36. The molecule has 1 heterocycles. The second-order valence-electron chi connectivity index (χ2n) is 6.71. The summed E-state index contributed by atoms with van der Waals surface area (Å²) < 4.78 is 10.4. The van der Waals surface area contributed by atoms with Gasteiger partial charge in [-0.25, -0.2) is 9.79 Å². The first-order chi connectivity index (χ1) is 14.5. The van der Waals surface area contributed by atoms with Crippen molar-refractivity contribution < 1.29 is 19.2 Å². The van der Waals surface area contributed by atoms with Gasteiger partial charge in [0.25, 0.3) is 5.69 Å². The van der Waals surface area contributed by atoms with Crippen LogP contribution in [0.15, 0.2) is 29.3 Å². The van der Waals surface area contributed by atoms with Crippen LogP contribution in [0.5, 0.6) is 0 Å². The number of aliphatic imine (C=N–C) groups is 1. The normalized spacial score (nSPS) is 14.5. The Morgan fingerprint density at radius 2 is 1.80 bits per heavy atom. The molecule has 0 atom stereocenters. The highest BCUT2D eigenvalue weighted by Crippen LogP contribution is 2.13. The van der Waals surface area contributed by atoms with Crippen LogP contribution in [-0.2, 0) is 16.0 Å². The summed E-state index contributed by atoms with van der Waals surface area (Å²) in [7, 11) is 0. The van der Waals surface area contributed by atoms with E-state index in [1.54, 1.807) is 24.0 Å². The van der Waals surface area contributed by atoms with E-state index in [-0.39, 0.29) is 11.8 Å². The topological polar surface area (TPSA) is 110 Å². The molecule has 1 N–H and O–H groups in total. The number of ether oxygens (including phenoxy) is 2. The van der Waals surface area contributed by atoms with Gasteiger partial charge < -0.3 is 24.6 Å². The molecule has 10 heteroatoms. The summed E-state index contributed by atoms with van der Waals surface area (Å²) in [5.41, 5.74) is 0.950. The highest BCUT2D eigenvalue weighted by atomic mass is 16.6. The van der Waals surface area contributed by atoms with Gasteiger partial charge in [-0.15, -0.1) is 0 Å². The maximum atomic E-state index is 11.9. The number of non-ortho nitro benzene ring substituents is 1. The van der Waals surface area contributed by atoms with Crippen molar-refractivity contribution in [2.75, 3.05) is 52.5 Å². The molecule has 30 heavy (non-hydrogen) atoms. The van der Waals surface area contributed by atoms with Crippen molar-refractivity contribution >= 4 is 17.7 Å². The Labute approximate surface area is 177 Å². The Kier molecular flexibility index (Phi) is 9.85. The van der Waals surface area contributed by atoms with Gasteiger partial charge in [-0.2, -0.15) is 0 Å². The Morgan fingerprint density at radius 1 is 1.13 bits per heavy atom. The van der Waals surface area contributed by atoms with Gasteiger partial charge in [0.2, 0.25) is 0 Å². The highest BCUT2D eigenvalue weighted by Gasteiger charge is 2.23. The van der Waals surface area contributed by atoms with Crippen LogP contribution in [0.3, 0.4) is 0 Å². The van der Waals surface area contributed by atoms with Gasteiger partial charge in [0.05, 0.1) is 18.1 Å². The molecule has 0 spiro atoms. The smallest absolute Gasteiger partial charge is 0.409 e. The van der Waals surface area contributed by atoms with Gasteiger partial charge in [0.15, 0.2) is 5.96 Å². The van der Waals surface area contributed by atoms with Crippen molar-refractivity contribution in [2.24, 2.45) is 4.99 Å². The largest absolute Gasteiger partial charge is 0.450 e. The summed E-state index contributed by atoms with van der Waals surface area (Å²) in [5.74, 6) is 0.758. The molecule has 0 aromatic heterocycles. The van der Waals surface area contributed by atoms with Crippen LogP contribution in [0.4, 0.5) is 10.5 Å². The van der Waals surface area contributed by atoms with Crippen molar-refractivity contribution in [3.8, 4) is 0 Å². The number of carbonyl (C=O) groups is 1. The van der Waals surface area contributed by atoms with E-state index in [1.807, 2.05) is 6.92 Å². The van der Waals surface area contributed by atoms with E-state index < -0.39 is 4.92 Å². The zero-order valence-corrected chi connectivity index (χ0v) is 17.7. The molecule has 1 aromatic carbocycles. The average molecular weight is 421 g/mol. The number of hydrogen-bond donors (Lipinski definition) is 1. The van der Waals surface area contributed by atoms with E-state index in [1.165, 1.54) is 12.1 Å². The lowest BCUT2D eigenvalue weighted by atomic mass is 10.2. The third-order valence-corrected chi connectivity index (χ3v) is 4.62. The lowest BCUT2D eigenvalue weighted by Crippen LogP contribution is -2.54. The summed E-state index contributed by atoms with van der Waals surface area (Å²) in [6.45, 7) is 9.05. The van der Waals surface area contributed by atoms with Crippen LogP contribution in [0.25, 0.3) is 0 Å². The third kappa shape index (κ3) is 7.51. The van der Waals surface area contributed by atoms with Gasteiger partial charge in [-0.3, -0.25) is 10.1 Å². The standard InChI is InChI=1S/C20H31N5O5/c1-3-29-15-5-10-21-19(22-16-17-6-8-18(9-7-17)25(27)28)23-11-13-24(14-12-23)20(26)30-4-2/h6-9H,3-5,10-16H2,1-2H3,(H,21,22). The first-order valence-electron chi connectivity index (χ1n) is 10.3. The number of nitro benzene ring substituents is 1. The van der Waals surface area contributed by atoms with Crippen molar-refractivity contribution in [2.45, 2.75) is 26.8 Å². The second kappa shape index (κ2) is 12.6. The molecule has 2 rings (SSSR count). The van der Waals surface area contributed by atoms with Crippen LogP contribution >= 0.6 is 0 Å². The molecule has 1 aromatic rings. The minimum Gasteiger partial charge on any atom is -0.450 e. The zero-order valence-electron chi connectivity index (χ0n) is 17.7. The molecule has 10 nitrogen and oxygen atoms in total. The van der Waals surface area contributed by atoms with Gasteiger partial charge in [-0.05, 0) is 25.8 Å². The van der Waals surface area contributed by atoms with E-state index in [9.17, 15) is 14.9 Å². The van der Waals surface area contributed by atoms with Crippen LogP contribution in [0, 0.1) is 10.1 Å². The van der Waals surface area contributed by atoms with Crippen molar-refractivity contribution in [1.29, 1.82) is 0 Å². The molecule has 1 amide bonds. The van der Waals surface area contributed by atoms with Crippen LogP contribution < -0.4 is 5.32 Å². The molecule has 0 bridgehead atoms. The number of nitrogens with zero attached hydrogens (tertiary/aromatic N) is 4. The number of nitro groups is 1. The Hall–Kier alpha value is -2.88. The predicted octanol–water partition coefficient (Wildman–Crippen LogP) is 2.24. The summed E-state index contributed by atoms with van der Waals surface area (Å²) in [4.78, 5) is 30.8. The average Bonchev–Trinajstić information content (AvgIpc) is 2.76. The lowest BCUT2D eigenvalue weighted by molar-refractivity contribution is -0.384. The fourth-order valence-corrected chi connectivity index (χ4v) is 2.99. The number of piperazine rings is 1. The van der Waals surface area contributed by atoms with Crippen molar-refractivity contribution in [3.05, 3.63) is 39.9 Å². The Bertz CT molecular complexity index is 702. The molecule has 1 saturated heterocycles.